The van der Waals surface area contributed by atoms with Crippen molar-refractivity contribution in [3.63, 3.8) is 0 Å². The predicted molar refractivity (Wildman–Crippen MR) is 137 cm³/mol. The number of aliphatic hydroxyl groups excluding tert-OH is 1. The zero-order chi connectivity index (χ0) is 22.3. The number of anilines is 2. The molecule has 0 spiro atoms. The molecule has 2 aliphatic rings. The number of piperazine rings is 1. The van der Waals surface area contributed by atoms with Gasteiger partial charge in [0.15, 0.2) is 0 Å². The summed E-state index contributed by atoms with van der Waals surface area (Å²) in [7, 11) is 0. The summed E-state index contributed by atoms with van der Waals surface area (Å²) in [5, 5.41) is 9.55. The first-order chi connectivity index (χ1) is 15.6. The summed E-state index contributed by atoms with van der Waals surface area (Å²) in [5.41, 5.74) is 7.82. The van der Waals surface area contributed by atoms with Gasteiger partial charge < -0.3 is 14.9 Å². The number of para-hydroxylation sites is 1. The van der Waals surface area contributed by atoms with E-state index < -0.39 is 0 Å². The van der Waals surface area contributed by atoms with Crippen molar-refractivity contribution in [3.8, 4) is 0 Å². The van der Waals surface area contributed by atoms with Gasteiger partial charge in [0, 0.05) is 50.0 Å². The highest BCUT2D eigenvalue weighted by atomic mass is 16.3. The number of hydrogen-bond donors (Lipinski definition) is 1. The minimum absolute atomic E-state index is 0.316. The SMILES string of the molecule is C/C(O)=C/C=C/c1cc(CC2=CN=CCC2)ccc1N1CCN(c2ccccc2C)CC1. The molecule has 4 heteroatoms. The maximum absolute atomic E-state index is 9.55. The van der Waals surface area contributed by atoms with E-state index in [9.17, 15) is 5.11 Å². The summed E-state index contributed by atoms with van der Waals surface area (Å²) in [6.45, 7) is 7.88. The molecule has 0 bridgehead atoms. The second-order valence-electron chi connectivity index (χ2n) is 8.66. The Balaban J connectivity index is 1.53. The third kappa shape index (κ3) is 5.50. The lowest BCUT2D eigenvalue weighted by atomic mass is 9.98. The topological polar surface area (TPSA) is 39.1 Å². The highest BCUT2D eigenvalue weighted by Crippen LogP contribution is 2.28. The molecular formula is C28H33N3O. The molecule has 0 unspecified atom stereocenters. The van der Waals surface area contributed by atoms with E-state index in [1.165, 1.54) is 33.6 Å². The fourth-order valence-corrected chi connectivity index (χ4v) is 4.48. The summed E-state index contributed by atoms with van der Waals surface area (Å²) >= 11 is 0. The van der Waals surface area contributed by atoms with Gasteiger partial charge in [-0.3, -0.25) is 4.99 Å². The van der Waals surface area contributed by atoms with Crippen molar-refractivity contribution in [2.45, 2.75) is 33.1 Å². The normalized spacial score (nSPS) is 17.2. The summed E-state index contributed by atoms with van der Waals surface area (Å²) in [6.07, 6.45) is 12.8. The van der Waals surface area contributed by atoms with Gasteiger partial charge in [-0.15, -0.1) is 0 Å². The Labute approximate surface area is 191 Å². The van der Waals surface area contributed by atoms with E-state index in [2.05, 4.69) is 70.3 Å². The van der Waals surface area contributed by atoms with Gasteiger partial charge in [-0.05, 0) is 79.6 Å². The lowest BCUT2D eigenvalue weighted by molar-refractivity contribution is 0.414. The van der Waals surface area contributed by atoms with Crippen LogP contribution >= 0.6 is 0 Å². The summed E-state index contributed by atoms with van der Waals surface area (Å²) < 4.78 is 0. The maximum Gasteiger partial charge on any atom is 0.0891 e. The summed E-state index contributed by atoms with van der Waals surface area (Å²) in [4.78, 5) is 9.30. The smallest absolute Gasteiger partial charge is 0.0891 e. The monoisotopic (exact) mass is 427 g/mol. The highest BCUT2D eigenvalue weighted by Gasteiger charge is 2.20. The Bertz CT molecular complexity index is 1050. The van der Waals surface area contributed by atoms with Crippen molar-refractivity contribution < 1.29 is 5.11 Å². The highest BCUT2D eigenvalue weighted by molar-refractivity contribution is 5.70. The van der Waals surface area contributed by atoms with Gasteiger partial charge in [-0.2, -0.15) is 0 Å². The van der Waals surface area contributed by atoms with E-state index in [0.717, 1.165) is 45.4 Å². The first-order valence-electron chi connectivity index (χ1n) is 11.5. The molecule has 0 saturated carbocycles. The molecule has 1 fully saturated rings. The Morgan fingerprint density at radius 1 is 1.03 bits per heavy atom. The fraction of sp³-hybridized carbons (Fsp3) is 0.321. The molecule has 4 nitrogen and oxygen atoms in total. The molecular weight excluding hydrogens is 394 g/mol. The molecule has 0 atom stereocenters. The molecule has 1 saturated heterocycles. The second kappa shape index (κ2) is 10.4. The number of benzene rings is 2. The first-order valence-corrected chi connectivity index (χ1v) is 11.5. The van der Waals surface area contributed by atoms with Crippen LogP contribution in [-0.2, 0) is 6.42 Å². The van der Waals surface area contributed by atoms with Crippen molar-refractivity contribution in [3.05, 3.63) is 88.8 Å². The minimum atomic E-state index is 0.316. The van der Waals surface area contributed by atoms with Crippen molar-refractivity contribution in [2.75, 3.05) is 36.0 Å². The van der Waals surface area contributed by atoms with Crippen molar-refractivity contribution in [1.29, 1.82) is 0 Å². The van der Waals surface area contributed by atoms with Crippen LogP contribution in [-0.4, -0.2) is 37.5 Å². The second-order valence-corrected chi connectivity index (χ2v) is 8.66. The van der Waals surface area contributed by atoms with Crippen LogP contribution in [0, 0.1) is 6.92 Å². The molecule has 32 heavy (non-hydrogen) atoms. The van der Waals surface area contributed by atoms with Crippen LogP contribution in [0.5, 0.6) is 0 Å². The van der Waals surface area contributed by atoms with Crippen LogP contribution in [0.4, 0.5) is 11.4 Å². The zero-order valence-corrected chi connectivity index (χ0v) is 19.2. The number of hydrogen-bond acceptors (Lipinski definition) is 4. The molecule has 2 aromatic rings. The third-order valence-electron chi connectivity index (χ3n) is 6.17. The van der Waals surface area contributed by atoms with E-state index in [4.69, 9.17) is 0 Å². The minimum Gasteiger partial charge on any atom is -0.513 e. The molecule has 166 valence electrons. The maximum atomic E-state index is 9.55. The van der Waals surface area contributed by atoms with Gasteiger partial charge in [0.25, 0.3) is 0 Å². The van der Waals surface area contributed by atoms with Gasteiger partial charge in [-0.25, -0.2) is 0 Å². The number of aliphatic hydroxyl groups is 1. The lowest BCUT2D eigenvalue weighted by Crippen LogP contribution is -2.47. The molecule has 2 aromatic carbocycles. The van der Waals surface area contributed by atoms with Crippen LogP contribution in [0.2, 0.25) is 0 Å². The van der Waals surface area contributed by atoms with Gasteiger partial charge in [0.05, 0.1) is 5.76 Å². The van der Waals surface area contributed by atoms with Crippen LogP contribution in [0.15, 0.2) is 77.1 Å². The molecule has 2 aliphatic heterocycles. The first kappa shape index (κ1) is 21.9. The fourth-order valence-electron chi connectivity index (χ4n) is 4.48. The van der Waals surface area contributed by atoms with Gasteiger partial charge in [-0.1, -0.05) is 36.4 Å². The van der Waals surface area contributed by atoms with Gasteiger partial charge >= 0.3 is 0 Å². The van der Waals surface area contributed by atoms with Crippen LogP contribution in [0.3, 0.4) is 0 Å². The number of rotatable bonds is 6. The molecule has 0 aliphatic carbocycles. The number of aliphatic imine (C=N–C) groups is 1. The molecule has 0 aromatic heterocycles. The summed E-state index contributed by atoms with van der Waals surface area (Å²) in [6, 6.07) is 15.5. The van der Waals surface area contributed by atoms with Crippen LogP contribution < -0.4 is 9.80 Å². The Hall–Kier alpha value is -3.27. The van der Waals surface area contributed by atoms with Crippen LogP contribution in [0.1, 0.15) is 36.5 Å². The van der Waals surface area contributed by atoms with E-state index in [1.807, 2.05) is 18.5 Å². The van der Waals surface area contributed by atoms with Crippen molar-refractivity contribution in [2.24, 2.45) is 4.99 Å². The quantitative estimate of drug-likeness (QED) is 0.448. The van der Waals surface area contributed by atoms with E-state index in [0.29, 0.717) is 5.76 Å². The van der Waals surface area contributed by atoms with Gasteiger partial charge in [0.2, 0.25) is 0 Å². The molecule has 0 radical (unpaired) electrons. The average molecular weight is 428 g/mol. The molecule has 4 rings (SSSR count). The molecule has 2 heterocycles. The lowest BCUT2D eigenvalue weighted by Gasteiger charge is -2.38. The largest absolute Gasteiger partial charge is 0.513 e. The zero-order valence-electron chi connectivity index (χ0n) is 19.2. The predicted octanol–water partition coefficient (Wildman–Crippen LogP) is 6.09. The van der Waals surface area contributed by atoms with Gasteiger partial charge in [0.1, 0.15) is 0 Å². The summed E-state index contributed by atoms with van der Waals surface area (Å²) in [5.74, 6) is 0.316. The van der Waals surface area contributed by atoms with Crippen LogP contribution in [0.25, 0.3) is 6.08 Å². The standard InChI is InChI=1S/C28H33N3O/c1-22-7-3-4-11-27(22)30-15-17-31(18-16-30)28-13-12-24(19-25-9-6-14-29-21-25)20-26(28)10-5-8-23(2)32/h3-5,7-8,10-14,20-21,32H,6,9,15-19H2,1-2H3/b10-5+,23-8-. The number of aryl methyl sites for hydroxylation is 1. The average Bonchev–Trinajstić information content (AvgIpc) is 2.80. The Morgan fingerprint density at radius 2 is 1.78 bits per heavy atom. The van der Waals surface area contributed by atoms with E-state index in [1.54, 1.807) is 13.0 Å². The molecule has 0 amide bonds. The van der Waals surface area contributed by atoms with Crippen molar-refractivity contribution >= 4 is 23.7 Å². The Morgan fingerprint density at radius 3 is 2.47 bits per heavy atom. The number of allylic oxidation sites excluding steroid dienone is 4. The molecule has 1 N–H and O–H groups in total. The van der Waals surface area contributed by atoms with E-state index in [-0.39, 0.29) is 0 Å². The Kier molecular flexibility index (Phi) is 7.10. The van der Waals surface area contributed by atoms with Crippen molar-refractivity contribution in [1.82, 2.24) is 0 Å². The number of nitrogens with zero attached hydrogens (tertiary/aromatic N) is 3. The third-order valence-corrected chi connectivity index (χ3v) is 6.17. The van der Waals surface area contributed by atoms with E-state index >= 15 is 0 Å².